The smallest absolute Gasteiger partial charge is 0.244 e. The number of nitrogens with one attached hydrogen (secondary N) is 1. The highest BCUT2D eigenvalue weighted by atomic mass is 35.5. The Morgan fingerprint density at radius 3 is 2.22 bits per heavy atom. The van der Waals surface area contributed by atoms with E-state index in [1.165, 1.54) is 14.2 Å². The van der Waals surface area contributed by atoms with Gasteiger partial charge in [-0.15, -0.1) is 0 Å². The molecule has 7 nitrogen and oxygen atoms in total. The van der Waals surface area contributed by atoms with E-state index in [0.29, 0.717) is 0 Å². The van der Waals surface area contributed by atoms with Crippen LogP contribution in [-0.4, -0.2) is 44.9 Å². The van der Waals surface area contributed by atoms with Crippen LogP contribution in [0.2, 0.25) is 5.28 Å². The van der Waals surface area contributed by atoms with Crippen LogP contribution in [0.4, 0.5) is 0 Å². The zero-order valence-electron chi connectivity index (χ0n) is 10.1. The Morgan fingerprint density at radius 1 is 1.28 bits per heavy atom. The minimum absolute atomic E-state index is 0.0198. The van der Waals surface area contributed by atoms with E-state index in [-0.39, 0.29) is 10.2 Å². The number of ether oxygens (including phenoxy) is 2. The molecule has 0 saturated carbocycles. The summed E-state index contributed by atoms with van der Waals surface area (Å²) in [5.74, 6) is 0. The Hall–Kier alpha value is -0.800. The lowest BCUT2D eigenvalue weighted by molar-refractivity contribution is -0.115. The second-order valence-corrected chi connectivity index (χ2v) is 5.49. The Bertz CT molecular complexity index is 475. The quantitative estimate of drug-likeness (QED) is 0.604. The number of methoxy groups -OCH3 is 2. The molecule has 0 saturated heterocycles. The van der Waals surface area contributed by atoms with Crippen LogP contribution in [0.5, 0.6) is 0 Å². The van der Waals surface area contributed by atoms with E-state index in [9.17, 15) is 8.42 Å². The highest BCUT2D eigenvalue weighted by molar-refractivity contribution is 7.89. The summed E-state index contributed by atoms with van der Waals surface area (Å²) < 4.78 is 36.2. The fourth-order valence-corrected chi connectivity index (χ4v) is 2.53. The molecule has 1 heterocycles. The molecular formula is C9H14ClN3O4S. The summed E-state index contributed by atoms with van der Waals surface area (Å²) in [5.41, 5.74) is 0. The van der Waals surface area contributed by atoms with E-state index in [4.69, 9.17) is 21.1 Å². The molecule has 0 aromatic carbocycles. The number of hydrogen-bond donors (Lipinski definition) is 1. The highest BCUT2D eigenvalue weighted by Crippen LogP contribution is 2.10. The molecule has 1 aromatic heterocycles. The minimum atomic E-state index is -3.74. The lowest BCUT2D eigenvalue weighted by atomic mass is 10.3. The van der Waals surface area contributed by atoms with E-state index in [1.54, 1.807) is 6.92 Å². The number of nitrogens with zero attached hydrogens (tertiary/aromatic N) is 2. The molecule has 0 aliphatic carbocycles. The third kappa shape index (κ3) is 3.85. The Kier molecular flexibility index (Phi) is 5.42. The zero-order valence-corrected chi connectivity index (χ0v) is 11.7. The van der Waals surface area contributed by atoms with Gasteiger partial charge in [-0.25, -0.2) is 23.1 Å². The van der Waals surface area contributed by atoms with Crippen molar-refractivity contribution in [2.75, 3.05) is 14.2 Å². The molecule has 0 amide bonds. The average molecular weight is 296 g/mol. The molecule has 0 bridgehead atoms. The van der Waals surface area contributed by atoms with Crippen molar-refractivity contribution in [3.8, 4) is 0 Å². The van der Waals surface area contributed by atoms with Gasteiger partial charge in [0.1, 0.15) is 4.90 Å². The van der Waals surface area contributed by atoms with Crippen molar-refractivity contribution >= 4 is 21.6 Å². The van der Waals surface area contributed by atoms with Crippen LogP contribution in [0, 0.1) is 0 Å². The summed E-state index contributed by atoms with van der Waals surface area (Å²) in [4.78, 5) is 7.14. The lowest BCUT2D eigenvalue weighted by Gasteiger charge is -2.21. The molecule has 0 fully saturated rings. The van der Waals surface area contributed by atoms with Crippen molar-refractivity contribution in [1.29, 1.82) is 0 Å². The summed E-state index contributed by atoms with van der Waals surface area (Å²) in [7, 11) is -0.893. The van der Waals surface area contributed by atoms with Gasteiger partial charge >= 0.3 is 0 Å². The van der Waals surface area contributed by atoms with Crippen LogP contribution in [0.1, 0.15) is 6.92 Å². The maximum atomic E-state index is 11.9. The Labute approximate surface area is 111 Å². The second-order valence-electron chi connectivity index (χ2n) is 3.44. The summed E-state index contributed by atoms with van der Waals surface area (Å²) in [6.45, 7) is 1.62. The van der Waals surface area contributed by atoms with Gasteiger partial charge in [0.15, 0.2) is 6.29 Å². The number of halogens is 1. The van der Waals surface area contributed by atoms with Crippen molar-refractivity contribution in [2.45, 2.75) is 24.2 Å². The van der Waals surface area contributed by atoms with Crippen molar-refractivity contribution in [3.63, 3.8) is 0 Å². The standard InChI is InChI=1S/C9H14ClN3O4S/c1-6(8(16-2)17-3)13-18(14,15)7-4-11-9(10)12-5-7/h4-6,8,13H,1-3H3. The van der Waals surface area contributed by atoms with Gasteiger partial charge in [-0.3, -0.25) is 0 Å². The van der Waals surface area contributed by atoms with Gasteiger partial charge in [0.05, 0.1) is 18.4 Å². The van der Waals surface area contributed by atoms with Crippen LogP contribution in [0.3, 0.4) is 0 Å². The Morgan fingerprint density at radius 2 is 1.78 bits per heavy atom. The molecule has 0 spiro atoms. The van der Waals surface area contributed by atoms with Crippen molar-refractivity contribution < 1.29 is 17.9 Å². The van der Waals surface area contributed by atoms with Gasteiger partial charge in [0.2, 0.25) is 15.3 Å². The molecule has 1 rings (SSSR count). The van der Waals surface area contributed by atoms with E-state index in [0.717, 1.165) is 12.4 Å². The topological polar surface area (TPSA) is 90.4 Å². The van der Waals surface area contributed by atoms with Gasteiger partial charge in [-0.05, 0) is 18.5 Å². The van der Waals surface area contributed by atoms with Crippen LogP contribution in [0.15, 0.2) is 17.3 Å². The predicted octanol–water partition coefficient (Wildman–Crippen LogP) is 0.416. The van der Waals surface area contributed by atoms with Gasteiger partial charge in [-0.1, -0.05) is 0 Å². The number of hydrogen-bond acceptors (Lipinski definition) is 6. The third-order valence-corrected chi connectivity index (χ3v) is 3.83. The summed E-state index contributed by atoms with van der Waals surface area (Å²) >= 11 is 5.49. The van der Waals surface area contributed by atoms with Crippen LogP contribution in [-0.2, 0) is 19.5 Å². The fraction of sp³-hybridized carbons (Fsp3) is 0.556. The number of rotatable bonds is 6. The number of aromatic nitrogens is 2. The molecule has 1 unspecified atom stereocenters. The first kappa shape index (κ1) is 15.3. The van der Waals surface area contributed by atoms with Gasteiger partial charge < -0.3 is 9.47 Å². The molecule has 0 radical (unpaired) electrons. The molecule has 18 heavy (non-hydrogen) atoms. The first-order valence-electron chi connectivity index (χ1n) is 4.96. The second kappa shape index (κ2) is 6.39. The normalized spacial score (nSPS) is 13.8. The highest BCUT2D eigenvalue weighted by Gasteiger charge is 2.24. The van der Waals surface area contributed by atoms with Crippen molar-refractivity contribution in [2.24, 2.45) is 0 Å². The van der Waals surface area contributed by atoms with Gasteiger partial charge in [0.25, 0.3) is 0 Å². The molecule has 1 N–H and O–H groups in total. The third-order valence-electron chi connectivity index (χ3n) is 2.12. The first-order valence-corrected chi connectivity index (χ1v) is 6.82. The maximum absolute atomic E-state index is 11.9. The largest absolute Gasteiger partial charge is 0.354 e. The molecule has 102 valence electrons. The molecule has 0 aliphatic heterocycles. The molecule has 0 aliphatic rings. The van der Waals surface area contributed by atoms with Gasteiger partial charge in [-0.2, -0.15) is 0 Å². The van der Waals surface area contributed by atoms with Gasteiger partial charge in [0, 0.05) is 14.2 Å². The van der Waals surface area contributed by atoms with E-state index >= 15 is 0 Å². The molecular weight excluding hydrogens is 282 g/mol. The molecule has 1 aromatic rings. The monoisotopic (exact) mass is 295 g/mol. The zero-order chi connectivity index (χ0) is 13.8. The van der Waals surface area contributed by atoms with E-state index in [1.807, 2.05) is 0 Å². The van der Waals surface area contributed by atoms with E-state index in [2.05, 4.69) is 14.7 Å². The number of sulfonamides is 1. The van der Waals surface area contributed by atoms with Crippen molar-refractivity contribution in [3.05, 3.63) is 17.7 Å². The lowest BCUT2D eigenvalue weighted by Crippen LogP contribution is -2.42. The predicted molar refractivity (Wildman–Crippen MR) is 64.6 cm³/mol. The molecule has 9 heteroatoms. The van der Waals surface area contributed by atoms with Crippen molar-refractivity contribution in [1.82, 2.24) is 14.7 Å². The van der Waals surface area contributed by atoms with E-state index < -0.39 is 22.4 Å². The Balaban J connectivity index is 2.85. The summed E-state index contributed by atoms with van der Waals surface area (Å²) in [6, 6.07) is -0.569. The first-order chi connectivity index (χ1) is 8.40. The average Bonchev–Trinajstić information content (AvgIpc) is 2.30. The van der Waals surface area contributed by atoms with Crippen LogP contribution < -0.4 is 4.72 Å². The fourth-order valence-electron chi connectivity index (χ4n) is 1.31. The summed E-state index contributed by atoms with van der Waals surface area (Å²) in [5, 5.41) is -0.0198. The maximum Gasteiger partial charge on any atom is 0.244 e. The minimum Gasteiger partial charge on any atom is -0.354 e. The van der Waals surface area contributed by atoms with Crippen LogP contribution >= 0.6 is 11.6 Å². The molecule has 1 atom stereocenters. The SMILES string of the molecule is COC(OC)C(C)NS(=O)(=O)c1cnc(Cl)nc1. The summed E-state index contributed by atoms with van der Waals surface area (Å²) in [6.07, 6.45) is 1.56. The van der Waals surface area contributed by atoms with Crippen LogP contribution in [0.25, 0.3) is 0 Å².